The second-order valence-corrected chi connectivity index (χ2v) is 6.50. The van der Waals surface area contributed by atoms with Crippen molar-refractivity contribution in [3.8, 4) is 0 Å². The number of benzene rings is 1. The van der Waals surface area contributed by atoms with Gasteiger partial charge in [-0.25, -0.2) is 0 Å². The number of hydrogen-bond acceptors (Lipinski definition) is 2. The molecule has 0 bridgehead atoms. The maximum absolute atomic E-state index is 11.9. The second-order valence-electron chi connectivity index (χ2n) is 6.50. The first kappa shape index (κ1) is 13.5. The van der Waals surface area contributed by atoms with Crippen LogP contribution in [0.15, 0.2) is 24.3 Å². The van der Waals surface area contributed by atoms with Crippen LogP contribution in [0.3, 0.4) is 0 Å². The molecule has 1 saturated carbocycles. The second kappa shape index (κ2) is 4.51. The van der Waals surface area contributed by atoms with Crippen LogP contribution < -0.4 is 4.90 Å². The highest BCUT2D eigenvalue weighted by Gasteiger charge is 2.54. The summed E-state index contributed by atoms with van der Waals surface area (Å²) in [7, 11) is 4.16. The van der Waals surface area contributed by atoms with Gasteiger partial charge in [0.2, 0.25) is 5.91 Å². The Hall–Kier alpha value is -1.51. The molecule has 1 amide bonds. The van der Waals surface area contributed by atoms with Crippen molar-refractivity contribution >= 4 is 11.6 Å². The molecule has 3 atom stereocenters. The SMILES string of the molecule is CC(=O)N(C)[C@@H]1CCC[C@@H]2N(C)c3ccccc3[C@]21C. The Morgan fingerprint density at radius 2 is 2.05 bits per heavy atom. The topological polar surface area (TPSA) is 23.6 Å². The van der Waals surface area contributed by atoms with Crippen LogP contribution in [0.25, 0.3) is 0 Å². The lowest BCUT2D eigenvalue weighted by Crippen LogP contribution is -2.58. The van der Waals surface area contributed by atoms with Gasteiger partial charge >= 0.3 is 0 Å². The molecule has 2 aliphatic rings. The number of nitrogens with zero attached hydrogens (tertiary/aromatic N) is 2. The smallest absolute Gasteiger partial charge is 0.219 e. The Morgan fingerprint density at radius 3 is 2.75 bits per heavy atom. The number of carbonyl (C=O) groups excluding carboxylic acids is 1. The minimum absolute atomic E-state index is 0.0456. The predicted molar refractivity (Wildman–Crippen MR) is 82.1 cm³/mol. The molecular weight excluding hydrogens is 248 g/mol. The molecule has 1 aromatic rings. The molecule has 108 valence electrons. The van der Waals surface area contributed by atoms with Gasteiger partial charge in [-0.1, -0.05) is 25.1 Å². The van der Waals surface area contributed by atoms with Crippen LogP contribution in [-0.4, -0.2) is 37.0 Å². The molecule has 3 rings (SSSR count). The summed E-state index contributed by atoms with van der Waals surface area (Å²) < 4.78 is 0. The van der Waals surface area contributed by atoms with Crippen LogP contribution in [0.5, 0.6) is 0 Å². The number of rotatable bonds is 1. The molecule has 20 heavy (non-hydrogen) atoms. The molecule has 1 fully saturated rings. The van der Waals surface area contributed by atoms with Crippen LogP contribution in [0.2, 0.25) is 0 Å². The van der Waals surface area contributed by atoms with Crippen molar-refractivity contribution < 1.29 is 4.79 Å². The minimum Gasteiger partial charge on any atom is -0.370 e. The monoisotopic (exact) mass is 272 g/mol. The van der Waals surface area contributed by atoms with Crippen LogP contribution >= 0.6 is 0 Å². The van der Waals surface area contributed by atoms with E-state index in [4.69, 9.17) is 0 Å². The Morgan fingerprint density at radius 1 is 1.35 bits per heavy atom. The summed E-state index contributed by atoms with van der Waals surface area (Å²) in [4.78, 5) is 16.3. The fraction of sp³-hybridized carbons (Fsp3) is 0.588. The zero-order chi connectivity index (χ0) is 14.5. The van der Waals surface area contributed by atoms with E-state index in [1.807, 2.05) is 11.9 Å². The number of anilines is 1. The zero-order valence-corrected chi connectivity index (χ0v) is 12.9. The fourth-order valence-electron chi connectivity index (χ4n) is 4.50. The average molecular weight is 272 g/mol. The maximum Gasteiger partial charge on any atom is 0.219 e. The Labute approximate surface area is 121 Å². The number of para-hydroxylation sites is 1. The Balaban J connectivity index is 2.12. The number of amides is 1. The van der Waals surface area contributed by atoms with Gasteiger partial charge in [0.15, 0.2) is 0 Å². The van der Waals surface area contributed by atoms with Gasteiger partial charge < -0.3 is 9.80 Å². The van der Waals surface area contributed by atoms with Crippen LogP contribution in [0.4, 0.5) is 5.69 Å². The number of carbonyl (C=O) groups is 1. The van der Waals surface area contributed by atoms with E-state index in [1.54, 1.807) is 6.92 Å². The van der Waals surface area contributed by atoms with Gasteiger partial charge in [-0.2, -0.15) is 0 Å². The largest absolute Gasteiger partial charge is 0.370 e. The van der Waals surface area contributed by atoms with Gasteiger partial charge in [0.05, 0.1) is 0 Å². The van der Waals surface area contributed by atoms with E-state index >= 15 is 0 Å². The summed E-state index contributed by atoms with van der Waals surface area (Å²) in [6.07, 6.45) is 3.51. The third-order valence-corrected chi connectivity index (χ3v) is 5.64. The molecule has 1 heterocycles. The predicted octanol–water partition coefficient (Wildman–Crippen LogP) is 2.79. The van der Waals surface area contributed by atoms with Crippen molar-refractivity contribution in [2.45, 2.75) is 50.6 Å². The molecule has 0 radical (unpaired) electrons. The highest BCUT2D eigenvalue weighted by molar-refractivity contribution is 5.74. The van der Waals surface area contributed by atoms with Crippen molar-refractivity contribution in [3.05, 3.63) is 29.8 Å². The van der Waals surface area contributed by atoms with Crippen LogP contribution in [-0.2, 0) is 10.2 Å². The molecule has 1 aliphatic carbocycles. The third kappa shape index (κ3) is 1.62. The molecule has 3 nitrogen and oxygen atoms in total. The molecule has 0 N–H and O–H groups in total. The van der Waals surface area contributed by atoms with E-state index in [-0.39, 0.29) is 11.3 Å². The van der Waals surface area contributed by atoms with E-state index in [0.29, 0.717) is 12.1 Å². The molecule has 0 aromatic heterocycles. The van der Waals surface area contributed by atoms with E-state index in [2.05, 4.69) is 43.1 Å². The van der Waals surface area contributed by atoms with E-state index in [9.17, 15) is 4.79 Å². The lowest BCUT2D eigenvalue weighted by atomic mass is 9.65. The average Bonchev–Trinajstić information content (AvgIpc) is 2.67. The zero-order valence-electron chi connectivity index (χ0n) is 12.9. The van der Waals surface area contributed by atoms with Crippen molar-refractivity contribution in [3.63, 3.8) is 0 Å². The van der Waals surface area contributed by atoms with Gasteiger partial charge in [0.1, 0.15) is 0 Å². The molecular formula is C17H24N2O. The van der Waals surface area contributed by atoms with Gasteiger partial charge in [-0.05, 0) is 30.9 Å². The molecule has 1 aliphatic heterocycles. The molecule has 0 saturated heterocycles. The van der Waals surface area contributed by atoms with Crippen molar-refractivity contribution in [1.82, 2.24) is 4.90 Å². The summed E-state index contributed by atoms with van der Waals surface area (Å²) in [5.74, 6) is 0.170. The van der Waals surface area contributed by atoms with E-state index < -0.39 is 0 Å². The number of hydrogen-bond donors (Lipinski definition) is 0. The lowest BCUT2D eigenvalue weighted by molar-refractivity contribution is -0.131. The van der Waals surface area contributed by atoms with Crippen molar-refractivity contribution in [1.29, 1.82) is 0 Å². The Bertz CT molecular complexity index is 542. The summed E-state index contributed by atoms with van der Waals surface area (Å²) in [6.45, 7) is 4.03. The van der Waals surface area contributed by atoms with Gasteiger partial charge in [0.25, 0.3) is 0 Å². The summed E-state index contributed by atoms with van der Waals surface area (Å²) in [5, 5.41) is 0. The standard InChI is InChI=1S/C17H24N2O/c1-12(20)18(3)15-10-7-11-16-17(15,2)13-8-5-6-9-14(13)19(16)4/h5-6,8-9,15-16H,7,10-11H2,1-4H3/t15-,16+,17+/m1/s1. The van der Waals surface area contributed by atoms with Crippen molar-refractivity contribution in [2.24, 2.45) is 0 Å². The highest BCUT2D eigenvalue weighted by Crippen LogP contribution is 2.52. The van der Waals surface area contributed by atoms with Gasteiger partial charge in [0, 0.05) is 44.2 Å². The fourth-order valence-corrected chi connectivity index (χ4v) is 4.50. The van der Waals surface area contributed by atoms with Crippen LogP contribution in [0.1, 0.15) is 38.7 Å². The minimum atomic E-state index is 0.0456. The normalized spacial score (nSPS) is 31.7. The number of fused-ring (bicyclic) bond motifs is 3. The van der Waals surface area contributed by atoms with E-state index in [1.165, 1.54) is 24.1 Å². The first-order chi connectivity index (χ1) is 9.48. The molecule has 1 aromatic carbocycles. The van der Waals surface area contributed by atoms with Crippen molar-refractivity contribution in [2.75, 3.05) is 19.0 Å². The Kier molecular flexibility index (Phi) is 3.03. The quantitative estimate of drug-likeness (QED) is 0.785. The molecule has 3 heteroatoms. The maximum atomic E-state index is 11.9. The lowest BCUT2D eigenvalue weighted by Gasteiger charge is -2.48. The third-order valence-electron chi connectivity index (χ3n) is 5.64. The van der Waals surface area contributed by atoms with Gasteiger partial charge in [-0.15, -0.1) is 0 Å². The van der Waals surface area contributed by atoms with Gasteiger partial charge in [-0.3, -0.25) is 4.79 Å². The number of likely N-dealkylation sites (N-methyl/N-ethyl adjacent to an activating group) is 2. The summed E-state index contributed by atoms with van der Waals surface area (Å²) in [6, 6.07) is 9.49. The summed E-state index contributed by atoms with van der Waals surface area (Å²) in [5.41, 5.74) is 2.79. The molecule has 0 spiro atoms. The summed E-state index contributed by atoms with van der Waals surface area (Å²) >= 11 is 0. The molecule has 0 unspecified atom stereocenters. The van der Waals surface area contributed by atoms with E-state index in [0.717, 1.165) is 6.42 Å². The first-order valence-corrected chi connectivity index (χ1v) is 7.53. The first-order valence-electron chi connectivity index (χ1n) is 7.53. The highest BCUT2D eigenvalue weighted by atomic mass is 16.2. The van der Waals surface area contributed by atoms with Crippen LogP contribution in [0, 0.1) is 0 Å².